The number of nitrogens with two attached hydrogens (primary N) is 1. The average molecular weight is 315 g/mol. The Bertz CT molecular complexity index is 601. The Hall–Kier alpha value is -1.80. The van der Waals surface area contributed by atoms with Crippen molar-refractivity contribution >= 4 is 21.6 Å². The van der Waals surface area contributed by atoms with Crippen LogP contribution in [0.2, 0.25) is 0 Å². The van der Waals surface area contributed by atoms with Crippen molar-refractivity contribution in [1.29, 1.82) is 0 Å². The number of carbonyl (C=O) groups excluding carboxylic acids is 1. The summed E-state index contributed by atoms with van der Waals surface area (Å²) < 4.78 is 31.4. The number of rotatable bonds is 7. The zero-order valence-electron chi connectivity index (χ0n) is 12.4. The first kappa shape index (κ1) is 17.3. The van der Waals surface area contributed by atoms with Crippen LogP contribution in [-0.2, 0) is 14.8 Å². The van der Waals surface area contributed by atoms with E-state index >= 15 is 0 Å². The largest absolute Gasteiger partial charge is 0.495 e. The van der Waals surface area contributed by atoms with Gasteiger partial charge in [-0.15, -0.1) is 0 Å². The van der Waals surface area contributed by atoms with Gasteiger partial charge in [0.05, 0.1) is 13.7 Å². The maximum absolute atomic E-state index is 12.6. The van der Waals surface area contributed by atoms with Gasteiger partial charge in [0.2, 0.25) is 15.9 Å². The van der Waals surface area contributed by atoms with Gasteiger partial charge in [0.1, 0.15) is 10.6 Å². The van der Waals surface area contributed by atoms with E-state index in [9.17, 15) is 13.2 Å². The second-order valence-corrected chi connectivity index (χ2v) is 6.20. The molecule has 1 amide bonds. The number of benzene rings is 1. The molecule has 0 aliphatic rings. The molecule has 1 aromatic carbocycles. The van der Waals surface area contributed by atoms with E-state index in [0.29, 0.717) is 12.2 Å². The number of amides is 1. The molecule has 0 atom stereocenters. The summed E-state index contributed by atoms with van der Waals surface area (Å²) >= 11 is 0. The van der Waals surface area contributed by atoms with Gasteiger partial charge in [-0.3, -0.25) is 4.79 Å². The third-order valence-corrected chi connectivity index (χ3v) is 4.79. The third kappa shape index (κ3) is 4.08. The van der Waals surface area contributed by atoms with Crippen molar-refractivity contribution in [2.24, 2.45) is 0 Å². The van der Waals surface area contributed by atoms with Crippen molar-refractivity contribution < 1.29 is 17.9 Å². The Balaban J connectivity index is 3.18. The van der Waals surface area contributed by atoms with Crippen LogP contribution in [0.4, 0.5) is 5.69 Å². The minimum Gasteiger partial charge on any atom is -0.495 e. The molecule has 3 N–H and O–H groups in total. The fourth-order valence-corrected chi connectivity index (χ4v) is 3.41. The van der Waals surface area contributed by atoms with E-state index in [4.69, 9.17) is 10.5 Å². The molecule has 1 aromatic rings. The summed E-state index contributed by atoms with van der Waals surface area (Å²) in [5.74, 6) is -0.163. The first-order valence-electron chi connectivity index (χ1n) is 6.57. The lowest BCUT2D eigenvalue weighted by atomic mass is 10.3. The molecule has 0 radical (unpaired) electrons. The van der Waals surface area contributed by atoms with Gasteiger partial charge in [0, 0.05) is 18.8 Å². The number of nitrogen functional groups attached to an aromatic ring is 1. The molecule has 8 heteroatoms. The molecule has 0 unspecified atom stereocenters. The zero-order valence-corrected chi connectivity index (χ0v) is 13.2. The SMILES string of the molecule is CCNC(=O)CN(CC)S(=O)(=O)c1cc(N)ccc1OC. The second-order valence-electron chi connectivity index (χ2n) is 4.30. The topological polar surface area (TPSA) is 102 Å². The molecular weight excluding hydrogens is 294 g/mol. The Labute approximate surface area is 125 Å². The zero-order chi connectivity index (χ0) is 16.0. The number of sulfonamides is 1. The van der Waals surface area contributed by atoms with Crippen LogP contribution in [-0.4, -0.2) is 45.4 Å². The highest BCUT2D eigenvalue weighted by atomic mass is 32.2. The van der Waals surface area contributed by atoms with E-state index < -0.39 is 10.0 Å². The first-order valence-corrected chi connectivity index (χ1v) is 8.01. The number of hydrogen-bond donors (Lipinski definition) is 2. The van der Waals surface area contributed by atoms with E-state index in [1.54, 1.807) is 19.9 Å². The number of nitrogens with zero attached hydrogens (tertiary/aromatic N) is 1. The summed E-state index contributed by atoms with van der Waals surface area (Å²) in [6, 6.07) is 4.37. The Kier molecular flexibility index (Phi) is 5.98. The van der Waals surface area contributed by atoms with Gasteiger partial charge in [-0.1, -0.05) is 6.92 Å². The average Bonchev–Trinajstić information content (AvgIpc) is 2.44. The monoisotopic (exact) mass is 315 g/mol. The smallest absolute Gasteiger partial charge is 0.247 e. The number of carbonyl (C=O) groups is 1. The van der Waals surface area contributed by atoms with E-state index in [1.165, 1.54) is 19.2 Å². The minimum atomic E-state index is -3.86. The van der Waals surface area contributed by atoms with Crippen LogP contribution in [0.1, 0.15) is 13.8 Å². The van der Waals surface area contributed by atoms with E-state index in [0.717, 1.165) is 4.31 Å². The summed E-state index contributed by atoms with van der Waals surface area (Å²) in [7, 11) is -2.48. The Morgan fingerprint density at radius 1 is 1.38 bits per heavy atom. The summed E-state index contributed by atoms with van der Waals surface area (Å²) in [6.45, 7) is 3.79. The molecule has 118 valence electrons. The summed E-state index contributed by atoms with van der Waals surface area (Å²) in [5, 5.41) is 2.57. The van der Waals surface area contributed by atoms with Crippen LogP contribution in [0.5, 0.6) is 5.75 Å². The van der Waals surface area contributed by atoms with E-state index in [-0.39, 0.29) is 29.6 Å². The van der Waals surface area contributed by atoms with Gasteiger partial charge in [0.25, 0.3) is 0 Å². The summed E-state index contributed by atoms with van der Waals surface area (Å²) in [5.41, 5.74) is 5.96. The number of anilines is 1. The molecular formula is C13H21N3O4S. The van der Waals surface area contributed by atoms with Gasteiger partial charge in [-0.25, -0.2) is 8.42 Å². The molecule has 0 heterocycles. The van der Waals surface area contributed by atoms with Crippen molar-refractivity contribution in [3.05, 3.63) is 18.2 Å². The predicted octanol–water partition coefficient (Wildman–Crippen LogP) is 0.424. The van der Waals surface area contributed by atoms with Crippen molar-refractivity contribution in [2.45, 2.75) is 18.7 Å². The number of hydrogen-bond acceptors (Lipinski definition) is 5. The standard InChI is InChI=1S/C13H21N3O4S/c1-4-15-13(17)9-16(5-2)21(18,19)12-8-10(14)6-7-11(12)20-3/h6-8H,4-5,9,14H2,1-3H3,(H,15,17). The van der Waals surface area contributed by atoms with Crippen LogP contribution in [0.3, 0.4) is 0 Å². The van der Waals surface area contributed by atoms with Crippen LogP contribution < -0.4 is 15.8 Å². The molecule has 1 rings (SSSR count). The molecule has 0 saturated carbocycles. The maximum atomic E-state index is 12.6. The molecule has 0 bridgehead atoms. The maximum Gasteiger partial charge on any atom is 0.247 e. The second kappa shape index (κ2) is 7.28. The molecule has 0 fully saturated rings. The number of likely N-dealkylation sites (N-methyl/N-ethyl adjacent to an activating group) is 2. The van der Waals surface area contributed by atoms with Crippen LogP contribution in [0.15, 0.2) is 23.1 Å². The van der Waals surface area contributed by atoms with E-state index in [1.807, 2.05) is 0 Å². The van der Waals surface area contributed by atoms with Crippen molar-refractivity contribution in [2.75, 3.05) is 32.5 Å². The number of nitrogens with one attached hydrogen (secondary N) is 1. The highest BCUT2D eigenvalue weighted by molar-refractivity contribution is 7.89. The summed E-state index contributed by atoms with van der Waals surface area (Å²) in [4.78, 5) is 11.6. The quantitative estimate of drug-likeness (QED) is 0.710. The van der Waals surface area contributed by atoms with Crippen LogP contribution in [0.25, 0.3) is 0 Å². The van der Waals surface area contributed by atoms with Gasteiger partial charge in [-0.05, 0) is 25.1 Å². The Morgan fingerprint density at radius 3 is 2.57 bits per heavy atom. The predicted molar refractivity (Wildman–Crippen MR) is 80.5 cm³/mol. The number of methoxy groups -OCH3 is 1. The normalized spacial score (nSPS) is 11.4. The molecule has 21 heavy (non-hydrogen) atoms. The fourth-order valence-electron chi connectivity index (χ4n) is 1.81. The number of ether oxygens (including phenoxy) is 1. The molecule has 0 aromatic heterocycles. The Morgan fingerprint density at radius 2 is 2.05 bits per heavy atom. The van der Waals surface area contributed by atoms with Gasteiger partial charge in [0.15, 0.2) is 0 Å². The highest BCUT2D eigenvalue weighted by Crippen LogP contribution is 2.28. The van der Waals surface area contributed by atoms with Crippen molar-refractivity contribution in [1.82, 2.24) is 9.62 Å². The molecule has 0 aliphatic carbocycles. The van der Waals surface area contributed by atoms with Gasteiger partial charge in [-0.2, -0.15) is 4.31 Å². The molecule has 7 nitrogen and oxygen atoms in total. The lowest BCUT2D eigenvalue weighted by Gasteiger charge is -2.21. The molecule has 0 spiro atoms. The molecule has 0 aliphatic heterocycles. The highest BCUT2D eigenvalue weighted by Gasteiger charge is 2.28. The van der Waals surface area contributed by atoms with Crippen LogP contribution >= 0.6 is 0 Å². The first-order chi connectivity index (χ1) is 9.86. The minimum absolute atomic E-state index is 0.0452. The van der Waals surface area contributed by atoms with E-state index in [2.05, 4.69) is 5.32 Å². The van der Waals surface area contributed by atoms with Gasteiger partial charge >= 0.3 is 0 Å². The summed E-state index contributed by atoms with van der Waals surface area (Å²) in [6.07, 6.45) is 0. The van der Waals surface area contributed by atoms with Crippen LogP contribution in [0, 0.1) is 0 Å². The third-order valence-electron chi connectivity index (χ3n) is 2.85. The lowest BCUT2D eigenvalue weighted by Crippen LogP contribution is -2.40. The fraction of sp³-hybridized carbons (Fsp3) is 0.462. The lowest BCUT2D eigenvalue weighted by molar-refractivity contribution is -0.121. The van der Waals surface area contributed by atoms with Crippen molar-refractivity contribution in [3.8, 4) is 5.75 Å². The molecule has 0 saturated heterocycles. The van der Waals surface area contributed by atoms with Crippen molar-refractivity contribution in [3.63, 3.8) is 0 Å². The van der Waals surface area contributed by atoms with Gasteiger partial charge < -0.3 is 15.8 Å².